The van der Waals surface area contributed by atoms with Crippen LogP contribution in [0.15, 0.2) is 36.4 Å². The van der Waals surface area contributed by atoms with Crippen LogP contribution in [0.2, 0.25) is 0 Å². The topological polar surface area (TPSA) is 75.4 Å². The summed E-state index contributed by atoms with van der Waals surface area (Å²) >= 11 is 0. The normalized spacial score (nSPS) is 10.3. The second kappa shape index (κ2) is 5.56. The molecule has 4 nitrogen and oxygen atoms in total. The summed E-state index contributed by atoms with van der Waals surface area (Å²) < 4.78 is 26.4. The van der Waals surface area contributed by atoms with Crippen LogP contribution in [0.1, 0.15) is 15.9 Å². The van der Waals surface area contributed by atoms with Crippen LogP contribution in [-0.4, -0.2) is 11.1 Å². The van der Waals surface area contributed by atoms with Crippen molar-refractivity contribution in [1.82, 2.24) is 0 Å². The lowest BCUT2D eigenvalue weighted by atomic mass is 10.1. The van der Waals surface area contributed by atoms with Crippen LogP contribution in [0.3, 0.4) is 0 Å². The molecule has 2 aromatic rings. The summed E-state index contributed by atoms with van der Waals surface area (Å²) in [5.41, 5.74) is 6.60. The maximum absolute atomic E-state index is 13.4. The van der Waals surface area contributed by atoms with Crippen molar-refractivity contribution >= 4 is 17.3 Å². The summed E-state index contributed by atoms with van der Waals surface area (Å²) in [6.45, 7) is 0.0419. The Morgan fingerprint density at radius 1 is 1.20 bits per heavy atom. The van der Waals surface area contributed by atoms with E-state index in [1.165, 1.54) is 18.2 Å². The standard InChI is InChI=1S/C14H12F2N2O2/c15-10-2-3-11(16)9(5-10)7-18-13-4-1-8(14(19)20)6-12(13)17/h1-6,18H,7,17H2,(H,19,20). The van der Waals surface area contributed by atoms with Crippen molar-refractivity contribution in [2.75, 3.05) is 11.1 Å². The number of nitrogens with two attached hydrogens (primary N) is 1. The second-order valence-electron chi connectivity index (χ2n) is 4.20. The van der Waals surface area contributed by atoms with Crippen molar-refractivity contribution in [2.45, 2.75) is 6.54 Å². The van der Waals surface area contributed by atoms with Gasteiger partial charge in [-0.1, -0.05) is 0 Å². The van der Waals surface area contributed by atoms with Gasteiger partial charge in [0.25, 0.3) is 0 Å². The minimum Gasteiger partial charge on any atom is -0.478 e. The highest BCUT2D eigenvalue weighted by molar-refractivity contribution is 5.90. The number of carboxylic acid groups (broad SMARTS) is 1. The Bertz CT molecular complexity index is 660. The zero-order valence-electron chi connectivity index (χ0n) is 10.4. The predicted octanol–water partition coefficient (Wildman–Crippen LogP) is 2.86. The number of aromatic carboxylic acids is 1. The Morgan fingerprint density at radius 3 is 2.60 bits per heavy atom. The highest BCUT2D eigenvalue weighted by atomic mass is 19.1. The van der Waals surface area contributed by atoms with Crippen molar-refractivity contribution in [2.24, 2.45) is 0 Å². The monoisotopic (exact) mass is 278 g/mol. The van der Waals surface area contributed by atoms with Crippen LogP contribution in [0.4, 0.5) is 20.2 Å². The van der Waals surface area contributed by atoms with Crippen LogP contribution in [0.5, 0.6) is 0 Å². The summed E-state index contributed by atoms with van der Waals surface area (Å²) in [6, 6.07) is 7.33. The fraction of sp³-hybridized carbons (Fsp3) is 0.0714. The van der Waals surface area contributed by atoms with Crippen molar-refractivity contribution < 1.29 is 18.7 Å². The van der Waals surface area contributed by atoms with Crippen LogP contribution in [-0.2, 0) is 6.54 Å². The molecule has 0 unspecified atom stereocenters. The summed E-state index contributed by atoms with van der Waals surface area (Å²) in [7, 11) is 0. The first-order valence-corrected chi connectivity index (χ1v) is 5.78. The Kier molecular flexibility index (Phi) is 3.84. The molecule has 0 aromatic heterocycles. The van der Waals surface area contributed by atoms with Gasteiger partial charge in [-0.25, -0.2) is 13.6 Å². The number of hydrogen-bond donors (Lipinski definition) is 3. The number of nitrogens with one attached hydrogen (secondary N) is 1. The highest BCUT2D eigenvalue weighted by Gasteiger charge is 2.08. The Labute approximate surface area is 113 Å². The SMILES string of the molecule is Nc1cc(C(=O)O)ccc1NCc1cc(F)ccc1F. The molecule has 104 valence electrons. The number of halogens is 2. The van der Waals surface area contributed by atoms with Crippen LogP contribution in [0, 0.1) is 11.6 Å². The van der Waals surface area contributed by atoms with Crippen molar-refractivity contribution in [1.29, 1.82) is 0 Å². The highest BCUT2D eigenvalue weighted by Crippen LogP contribution is 2.21. The molecule has 0 saturated carbocycles. The maximum atomic E-state index is 13.4. The lowest BCUT2D eigenvalue weighted by Gasteiger charge is -2.10. The molecule has 0 atom stereocenters. The van der Waals surface area contributed by atoms with E-state index in [-0.39, 0.29) is 23.4 Å². The van der Waals surface area contributed by atoms with E-state index in [9.17, 15) is 13.6 Å². The molecule has 2 rings (SSSR count). The summed E-state index contributed by atoms with van der Waals surface area (Å²) in [6.07, 6.45) is 0. The van der Waals surface area contributed by atoms with Crippen molar-refractivity contribution in [3.63, 3.8) is 0 Å². The van der Waals surface area contributed by atoms with E-state index >= 15 is 0 Å². The summed E-state index contributed by atoms with van der Waals surface area (Å²) in [5, 5.41) is 11.6. The van der Waals surface area contributed by atoms with Gasteiger partial charge in [-0.3, -0.25) is 0 Å². The Morgan fingerprint density at radius 2 is 1.95 bits per heavy atom. The first-order valence-electron chi connectivity index (χ1n) is 5.78. The van der Waals surface area contributed by atoms with Gasteiger partial charge >= 0.3 is 5.97 Å². The Balaban J connectivity index is 2.15. The molecule has 0 amide bonds. The minimum atomic E-state index is -1.08. The molecule has 20 heavy (non-hydrogen) atoms. The predicted molar refractivity (Wildman–Crippen MR) is 71.5 cm³/mol. The average Bonchev–Trinajstić information content (AvgIpc) is 2.40. The van der Waals surface area contributed by atoms with E-state index in [1.54, 1.807) is 0 Å². The molecule has 0 radical (unpaired) electrons. The van der Waals surface area contributed by atoms with Crippen LogP contribution >= 0.6 is 0 Å². The quantitative estimate of drug-likeness (QED) is 0.752. The van der Waals surface area contributed by atoms with Gasteiger partial charge in [0.05, 0.1) is 16.9 Å². The number of benzene rings is 2. The molecule has 0 fully saturated rings. The van der Waals surface area contributed by atoms with Gasteiger partial charge in [-0.2, -0.15) is 0 Å². The van der Waals surface area contributed by atoms with E-state index in [0.717, 1.165) is 18.2 Å². The van der Waals surface area contributed by atoms with Gasteiger partial charge in [-0.15, -0.1) is 0 Å². The first kappa shape index (κ1) is 13.8. The number of anilines is 2. The van der Waals surface area contributed by atoms with Gasteiger partial charge in [0, 0.05) is 12.1 Å². The summed E-state index contributed by atoms with van der Waals surface area (Å²) in [5.74, 6) is -2.14. The fourth-order valence-electron chi connectivity index (χ4n) is 1.73. The third-order valence-corrected chi connectivity index (χ3v) is 2.78. The lowest BCUT2D eigenvalue weighted by molar-refractivity contribution is 0.0697. The molecule has 0 bridgehead atoms. The van der Waals surface area contributed by atoms with E-state index in [4.69, 9.17) is 10.8 Å². The van der Waals surface area contributed by atoms with E-state index in [1.807, 2.05) is 0 Å². The molecule has 0 saturated heterocycles. The van der Waals surface area contributed by atoms with Crippen LogP contribution in [0.25, 0.3) is 0 Å². The Hall–Kier alpha value is -2.63. The summed E-state index contributed by atoms with van der Waals surface area (Å²) in [4.78, 5) is 10.8. The van der Waals surface area contributed by atoms with Gasteiger partial charge in [0.15, 0.2) is 0 Å². The number of hydrogen-bond acceptors (Lipinski definition) is 3. The lowest BCUT2D eigenvalue weighted by Crippen LogP contribution is -2.06. The molecule has 2 aromatic carbocycles. The molecule has 0 aliphatic rings. The second-order valence-corrected chi connectivity index (χ2v) is 4.20. The van der Waals surface area contributed by atoms with E-state index < -0.39 is 17.6 Å². The number of nitrogen functional groups attached to an aromatic ring is 1. The number of rotatable bonds is 4. The molecule has 6 heteroatoms. The molecule has 0 spiro atoms. The average molecular weight is 278 g/mol. The van der Waals surface area contributed by atoms with E-state index in [0.29, 0.717) is 5.69 Å². The zero-order chi connectivity index (χ0) is 14.7. The number of carbonyl (C=O) groups is 1. The molecule has 4 N–H and O–H groups in total. The molecule has 0 aliphatic heterocycles. The fourth-order valence-corrected chi connectivity index (χ4v) is 1.73. The third-order valence-electron chi connectivity index (χ3n) is 2.78. The largest absolute Gasteiger partial charge is 0.478 e. The first-order chi connectivity index (χ1) is 9.47. The third kappa shape index (κ3) is 3.03. The van der Waals surface area contributed by atoms with Gasteiger partial charge in [0.2, 0.25) is 0 Å². The maximum Gasteiger partial charge on any atom is 0.335 e. The number of carboxylic acids is 1. The van der Waals surface area contributed by atoms with Gasteiger partial charge in [-0.05, 0) is 36.4 Å². The molecule has 0 aliphatic carbocycles. The van der Waals surface area contributed by atoms with Gasteiger partial charge < -0.3 is 16.2 Å². The minimum absolute atomic E-state index is 0.0419. The molecule has 0 heterocycles. The molecular formula is C14H12F2N2O2. The van der Waals surface area contributed by atoms with E-state index in [2.05, 4.69) is 5.32 Å². The zero-order valence-corrected chi connectivity index (χ0v) is 10.4. The van der Waals surface area contributed by atoms with Crippen LogP contribution < -0.4 is 11.1 Å². The molecular weight excluding hydrogens is 266 g/mol. The van der Waals surface area contributed by atoms with Crippen molar-refractivity contribution in [3.8, 4) is 0 Å². The van der Waals surface area contributed by atoms with Crippen molar-refractivity contribution in [3.05, 3.63) is 59.2 Å². The van der Waals surface area contributed by atoms with Gasteiger partial charge in [0.1, 0.15) is 11.6 Å². The smallest absolute Gasteiger partial charge is 0.335 e.